The smallest absolute Gasteiger partial charge is 0.223 e. The van der Waals surface area contributed by atoms with E-state index in [1.807, 2.05) is 29.2 Å². The zero-order chi connectivity index (χ0) is 16.9. The highest BCUT2D eigenvalue weighted by Crippen LogP contribution is 2.21. The van der Waals surface area contributed by atoms with Crippen LogP contribution >= 0.6 is 11.3 Å². The van der Waals surface area contributed by atoms with Gasteiger partial charge < -0.3 is 10.2 Å². The molecule has 1 aliphatic rings. The molecule has 5 nitrogen and oxygen atoms in total. The Morgan fingerprint density at radius 3 is 2.75 bits per heavy atom. The Kier molecular flexibility index (Phi) is 5.45. The lowest BCUT2D eigenvalue weighted by Crippen LogP contribution is -2.38. The largest absolute Gasteiger partial charge is 0.350 e. The average Bonchev–Trinajstić information content (AvgIpc) is 3.01. The zero-order valence-corrected chi connectivity index (χ0v) is 14.8. The molecule has 0 saturated carbocycles. The molecular weight excluding hydrogens is 322 g/mol. The minimum atomic E-state index is -0.0898. The first-order valence-electron chi connectivity index (χ1n) is 8.51. The normalized spacial score (nSPS) is 15.6. The van der Waals surface area contributed by atoms with E-state index in [0.29, 0.717) is 18.9 Å². The Morgan fingerprint density at radius 2 is 2.00 bits per heavy atom. The molecule has 24 heavy (non-hydrogen) atoms. The van der Waals surface area contributed by atoms with Gasteiger partial charge in [-0.25, -0.2) is 4.98 Å². The molecule has 1 aromatic carbocycles. The van der Waals surface area contributed by atoms with Crippen molar-refractivity contribution in [2.24, 2.45) is 5.92 Å². The van der Waals surface area contributed by atoms with Gasteiger partial charge in [-0.1, -0.05) is 19.1 Å². The Balaban J connectivity index is 1.41. The van der Waals surface area contributed by atoms with Crippen molar-refractivity contribution >= 4 is 33.4 Å². The maximum atomic E-state index is 12.1. The highest BCUT2D eigenvalue weighted by Gasteiger charge is 2.20. The monoisotopic (exact) mass is 345 g/mol. The number of nitrogens with zero attached hydrogens (tertiary/aromatic N) is 2. The molecule has 0 radical (unpaired) electrons. The first-order valence-corrected chi connectivity index (χ1v) is 9.32. The summed E-state index contributed by atoms with van der Waals surface area (Å²) in [4.78, 5) is 30.5. The second kappa shape index (κ2) is 7.75. The number of likely N-dealkylation sites (tertiary alicyclic amines) is 1. The second-order valence-electron chi connectivity index (χ2n) is 6.42. The van der Waals surface area contributed by atoms with Crippen LogP contribution in [-0.4, -0.2) is 34.8 Å². The molecule has 6 heteroatoms. The van der Waals surface area contributed by atoms with Crippen molar-refractivity contribution in [2.45, 2.75) is 39.2 Å². The SMILES string of the molecule is CC1CCN(C(=O)CCC(=O)NCc2nc3ccccc3s2)CC1. The number of carbonyl (C=O) groups is 2. The quantitative estimate of drug-likeness (QED) is 0.906. The number of amides is 2. The van der Waals surface area contributed by atoms with Gasteiger partial charge in [0.25, 0.3) is 0 Å². The van der Waals surface area contributed by atoms with Crippen LogP contribution in [0.1, 0.15) is 37.6 Å². The number of thiazole rings is 1. The second-order valence-corrected chi connectivity index (χ2v) is 7.53. The van der Waals surface area contributed by atoms with Gasteiger partial charge >= 0.3 is 0 Å². The van der Waals surface area contributed by atoms with Crippen molar-refractivity contribution in [2.75, 3.05) is 13.1 Å². The zero-order valence-electron chi connectivity index (χ0n) is 14.0. The Labute approximate surface area is 146 Å². The predicted molar refractivity (Wildman–Crippen MR) is 95.7 cm³/mol. The van der Waals surface area contributed by atoms with E-state index >= 15 is 0 Å². The number of benzene rings is 1. The number of aromatic nitrogens is 1. The number of rotatable bonds is 5. The third-order valence-corrected chi connectivity index (χ3v) is 5.51. The first-order chi connectivity index (χ1) is 11.6. The number of carbonyl (C=O) groups excluding carboxylic acids is 2. The van der Waals surface area contributed by atoms with Crippen LogP contribution in [0.5, 0.6) is 0 Å². The molecule has 1 aromatic heterocycles. The van der Waals surface area contributed by atoms with Gasteiger partial charge in [0.05, 0.1) is 16.8 Å². The molecule has 1 fully saturated rings. The Hall–Kier alpha value is -1.95. The fourth-order valence-electron chi connectivity index (χ4n) is 2.89. The van der Waals surface area contributed by atoms with E-state index in [-0.39, 0.29) is 18.2 Å². The molecule has 1 aliphatic heterocycles. The number of para-hydroxylation sites is 1. The molecule has 2 aromatic rings. The van der Waals surface area contributed by atoms with Crippen LogP contribution in [0.2, 0.25) is 0 Å². The summed E-state index contributed by atoms with van der Waals surface area (Å²) in [5.41, 5.74) is 0.959. The van der Waals surface area contributed by atoms with Crippen molar-refractivity contribution in [1.29, 1.82) is 0 Å². The minimum absolute atomic E-state index is 0.0898. The van der Waals surface area contributed by atoms with Crippen LogP contribution in [0.15, 0.2) is 24.3 Å². The summed E-state index contributed by atoms with van der Waals surface area (Å²) in [6, 6.07) is 7.93. The fourth-order valence-corrected chi connectivity index (χ4v) is 3.80. The highest BCUT2D eigenvalue weighted by molar-refractivity contribution is 7.18. The van der Waals surface area contributed by atoms with E-state index in [1.165, 1.54) is 0 Å². The van der Waals surface area contributed by atoms with Crippen molar-refractivity contribution in [3.05, 3.63) is 29.3 Å². The van der Waals surface area contributed by atoms with E-state index < -0.39 is 0 Å². The fraction of sp³-hybridized carbons (Fsp3) is 0.500. The molecule has 3 rings (SSSR count). The molecule has 0 aliphatic carbocycles. The molecule has 0 spiro atoms. The summed E-state index contributed by atoms with van der Waals surface area (Å²) in [5, 5.41) is 3.75. The van der Waals surface area contributed by atoms with E-state index in [9.17, 15) is 9.59 Å². The standard InChI is InChI=1S/C18H23N3O2S/c1-13-8-10-21(11-9-13)18(23)7-6-16(22)19-12-17-20-14-4-2-3-5-15(14)24-17/h2-5,13H,6-12H2,1H3,(H,19,22). The lowest BCUT2D eigenvalue weighted by molar-refractivity contribution is -0.134. The minimum Gasteiger partial charge on any atom is -0.350 e. The average molecular weight is 345 g/mol. The van der Waals surface area contributed by atoms with Crippen LogP contribution in [0.25, 0.3) is 10.2 Å². The summed E-state index contributed by atoms with van der Waals surface area (Å²) in [7, 11) is 0. The Morgan fingerprint density at radius 1 is 1.25 bits per heavy atom. The Bertz CT molecular complexity index is 687. The number of hydrogen-bond donors (Lipinski definition) is 1. The van der Waals surface area contributed by atoms with Crippen molar-refractivity contribution in [1.82, 2.24) is 15.2 Å². The van der Waals surface area contributed by atoms with Gasteiger partial charge in [0.1, 0.15) is 5.01 Å². The maximum absolute atomic E-state index is 12.1. The van der Waals surface area contributed by atoms with Crippen molar-refractivity contribution in [3.8, 4) is 0 Å². The maximum Gasteiger partial charge on any atom is 0.223 e. The topological polar surface area (TPSA) is 62.3 Å². The first kappa shape index (κ1) is 16.9. The van der Waals surface area contributed by atoms with Gasteiger partial charge in [-0.05, 0) is 30.9 Å². The van der Waals surface area contributed by atoms with Crippen LogP contribution in [0, 0.1) is 5.92 Å². The van der Waals surface area contributed by atoms with Gasteiger partial charge in [-0.3, -0.25) is 9.59 Å². The van der Waals surface area contributed by atoms with Gasteiger partial charge in [0.15, 0.2) is 0 Å². The molecule has 2 heterocycles. The van der Waals surface area contributed by atoms with Gasteiger partial charge in [0, 0.05) is 25.9 Å². The molecule has 0 atom stereocenters. The molecule has 128 valence electrons. The summed E-state index contributed by atoms with van der Waals surface area (Å²) < 4.78 is 1.12. The summed E-state index contributed by atoms with van der Waals surface area (Å²) in [5.74, 6) is 0.705. The number of hydrogen-bond acceptors (Lipinski definition) is 4. The lowest BCUT2D eigenvalue weighted by atomic mass is 9.99. The van der Waals surface area contributed by atoms with E-state index in [2.05, 4.69) is 17.2 Å². The van der Waals surface area contributed by atoms with Gasteiger partial charge in [0.2, 0.25) is 11.8 Å². The van der Waals surface area contributed by atoms with Crippen LogP contribution < -0.4 is 5.32 Å². The van der Waals surface area contributed by atoms with E-state index in [0.717, 1.165) is 41.2 Å². The van der Waals surface area contributed by atoms with Crippen LogP contribution in [0.4, 0.5) is 0 Å². The van der Waals surface area contributed by atoms with Gasteiger partial charge in [-0.15, -0.1) is 11.3 Å². The predicted octanol–water partition coefficient (Wildman–Crippen LogP) is 2.95. The number of nitrogens with one attached hydrogen (secondary N) is 1. The van der Waals surface area contributed by atoms with E-state index in [4.69, 9.17) is 0 Å². The number of fused-ring (bicyclic) bond motifs is 1. The highest BCUT2D eigenvalue weighted by atomic mass is 32.1. The van der Waals surface area contributed by atoms with Crippen LogP contribution in [0.3, 0.4) is 0 Å². The molecule has 1 N–H and O–H groups in total. The van der Waals surface area contributed by atoms with Crippen molar-refractivity contribution < 1.29 is 9.59 Å². The van der Waals surface area contributed by atoms with Crippen molar-refractivity contribution in [3.63, 3.8) is 0 Å². The molecule has 0 bridgehead atoms. The molecule has 2 amide bonds. The summed E-state index contributed by atoms with van der Waals surface area (Å²) >= 11 is 1.59. The molecular formula is C18H23N3O2S. The molecule has 1 saturated heterocycles. The number of piperidine rings is 1. The summed E-state index contributed by atoms with van der Waals surface area (Å²) in [6.45, 7) is 4.30. The van der Waals surface area contributed by atoms with Gasteiger partial charge in [-0.2, -0.15) is 0 Å². The third-order valence-electron chi connectivity index (χ3n) is 4.48. The molecule has 0 unspecified atom stereocenters. The lowest BCUT2D eigenvalue weighted by Gasteiger charge is -2.30. The third kappa shape index (κ3) is 4.32. The van der Waals surface area contributed by atoms with E-state index in [1.54, 1.807) is 11.3 Å². The summed E-state index contributed by atoms with van der Waals surface area (Å²) in [6.07, 6.45) is 2.67. The van der Waals surface area contributed by atoms with Crippen LogP contribution in [-0.2, 0) is 16.1 Å².